The summed E-state index contributed by atoms with van der Waals surface area (Å²) in [6, 6.07) is 8.04. The number of benzene rings is 1. The van der Waals surface area contributed by atoms with E-state index in [1.165, 1.54) is 0 Å². The van der Waals surface area contributed by atoms with Crippen LogP contribution in [0.3, 0.4) is 0 Å². The molecule has 0 saturated heterocycles. The molecule has 24 heavy (non-hydrogen) atoms. The first-order valence-electron chi connectivity index (χ1n) is 8.52. The van der Waals surface area contributed by atoms with Gasteiger partial charge in [-0.25, -0.2) is 4.99 Å². The molecule has 0 bridgehead atoms. The van der Waals surface area contributed by atoms with Gasteiger partial charge in [-0.3, -0.25) is 0 Å². The third-order valence-corrected chi connectivity index (χ3v) is 3.46. The lowest BCUT2D eigenvalue weighted by molar-refractivity contribution is 0.146. The van der Waals surface area contributed by atoms with Crippen LogP contribution in [0, 0.1) is 0 Å². The molecule has 134 valence electrons. The molecule has 0 radical (unpaired) electrons. The minimum atomic E-state index is 0.553. The Hall–Kier alpha value is -2.01. The Morgan fingerprint density at radius 1 is 1.38 bits per heavy atom. The summed E-state index contributed by atoms with van der Waals surface area (Å²) in [5.74, 6) is 1.77. The predicted molar refractivity (Wildman–Crippen MR) is 101 cm³/mol. The van der Waals surface area contributed by atoms with E-state index in [0.29, 0.717) is 19.8 Å². The zero-order chi connectivity index (χ0) is 17.6. The highest BCUT2D eigenvalue weighted by Gasteiger charge is 2.05. The van der Waals surface area contributed by atoms with E-state index in [9.17, 15) is 0 Å². The van der Waals surface area contributed by atoms with Crippen molar-refractivity contribution < 1.29 is 9.47 Å². The van der Waals surface area contributed by atoms with Crippen LogP contribution in [0.4, 0.5) is 0 Å². The third kappa shape index (κ3) is 8.02. The lowest BCUT2D eigenvalue weighted by Crippen LogP contribution is -2.39. The molecule has 0 heterocycles. The van der Waals surface area contributed by atoms with Crippen LogP contribution >= 0.6 is 0 Å². The van der Waals surface area contributed by atoms with Crippen molar-refractivity contribution >= 4 is 5.96 Å². The number of nitrogens with zero attached hydrogens (tertiary/aromatic N) is 2. The second-order valence-electron chi connectivity index (χ2n) is 5.51. The molecule has 0 aliphatic heterocycles. The third-order valence-electron chi connectivity index (χ3n) is 3.46. The summed E-state index contributed by atoms with van der Waals surface area (Å²) in [6.07, 6.45) is 4.05. The molecule has 1 aromatic rings. The molecular weight excluding hydrogens is 302 g/mol. The van der Waals surface area contributed by atoms with E-state index in [1.807, 2.05) is 24.3 Å². The van der Waals surface area contributed by atoms with Crippen LogP contribution in [0.2, 0.25) is 0 Å². The number of unbranched alkanes of at least 4 members (excludes halogenated alkanes) is 1. The van der Waals surface area contributed by atoms with Crippen LogP contribution in [0.15, 0.2) is 41.9 Å². The van der Waals surface area contributed by atoms with Crippen LogP contribution < -0.4 is 10.1 Å². The van der Waals surface area contributed by atoms with Crippen molar-refractivity contribution in [3.8, 4) is 5.75 Å². The molecule has 5 nitrogen and oxygen atoms in total. The molecule has 0 saturated carbocycles. The number of aliphatic imine (C=N–C) groups is 1. The van der Waals surface area contributed by atoms with Gasteiger partial charge in [0.2, 0.25) is 0 Å². The van der Waals surface area contributed by atoms with Crippen LogP contribution in [0.5, 0.6) is 5.75 Å². The van der Waals surface area contributed by atoms with Gasteiger partial charge in [0.25, 0.3) is 0 Å². The molecular formula is C19H31N3O2. The van der Waals surface area contributed by atoms with Crippen molar-refractivity contribution in [3.63, 3.8) is 0 Å². The summed E-state index contributed by atoms with van der Waals surface area (Å²) in [5.41, 5.74) is 1.12. The molecule has 0 spiro atoms. The van der Waals surface area contributed by atoms with E-state index >= 15 is 0 Å². The lowest BCUT2D eigenvalue weighted by Gasteiger charge is -2.21. The van der Waals surface area contributed by atoms with Crippen molar-refractivity contribution in [2.75, 3.05) is 40.5 Å². The maximum Gasteiger partial charge on any atom is 0.193 e. The summed E-state index contributed by atoms with van der Waals surface area (Å²) < 4.78 is 10.6. The Morgan fingerprint density at radius 2 is 2.21 bits per heavy atom. The highest BCUT2D eigenvalue weighted by Crippen LogP contribution is 2.14. The van der Waals surface area contributed by atoms with Gasteiger partial charge in [-0.15, -0.1) is 6.58 Å². The number of rotatable bonds is 11. The van der Waals surface area contributed by atoms with Crippen LogP contribution in [0.25, 0.3) is 0 Å². The average Bonchev–Trinajstić information content (AvgIpc) is 2.59. The van der Waals surface area contributed by atoms with Gasteiger partial charge in [0.1, 0.15) is 12.4 Å². The highest BCUT2D eigenvalue weighted by molar-refractivity contribution is 5.79. The topological polar surface area (TPSA) is 46.1 Å². The fourth-order valence-electron chi connectivity index (χ4n) is 2.19. The molecule has 0 atom stereocenters. The number of hydrogen-bond acceptors (Lipinski definition) is 3. The molecule has 1 N–H and O–H groups in total. The summed E-state index contributed by atoms with van der Waals surface area (Å²) in [7, 11) is 3.73. The fraction of sp³-hybridized carbons (Fsp3) is 0.526. The van der Waals surface area contributed by atoms with Gasteiger partial charge in [0, 0.05) is 27.2 Å². The number of allylic oxidation sites excluding steroid dienone is 1. The maximum atomic E-state index is 5.65. The zero-order valence-electron chi connectivity index (χ0n) is 15.3. The Balaban J connectivity index is 2.64. The molecule has 1 aromatic carbocycles. The first-order chi connectivity index (χ1) is 11.7. The summed E-state index contributed by atoms with van der Waals surface area (Å²) in [5, 5.41) is 3.34. The van der Waals surface area contributed by atoms with E-state index in [-0.39, 0.29) is 0 Å². The van der Waals surface area contributed by atoms with Crippen LogP contribution in [0.1, 0.15) is 25.3 Å². The van der Waals surface area contributed by atoms with Gasteiger partial charge >= 0.3 is 0 Å². The maximum absolute atomic E-state index is 5.65. The van der Waals surface area contributed by atoms with Crippen molar-refractivity contribution in [2.24, 2.45) is 4.99 Å². The number of hydrogen-bond donors (Lipinski definition) is 1. The number of methoxy groups -OCH3 is 1. The van der Waals surface area contributed by atoms with Gasteiger partial charge in [0.05, 0.1) is 13.2 Å². The van der Waals surface area contributed by atoms with E-state index in [2.05, 4.69) is 36.8 Å². The van der Waals surface area contributed by atoms with E-state index < -0.39 is 0 Å². The van der Waals surface area contributed by atoms with Crippen molar-refractivity contribution in [1.29, 1.82) is 0 Å². The van der Waals surface area contributed by atoms with E-state index in [0.717, 1.165) is 43.2 Å². The largest absolute Gasteiger partial charge is 0.491 e. The first-order valence-corrected chi connectivity index (χ1v) is 8.52. The highest BCUT2D eigenvalue weighted by atomic mass is 16.5. The monoisotopic (exact) mass is 333 g/mol. The van der Waals surface area contributed by atoms with Crippen LogP contribution in [-0.2, 0) is 11.3 Å². The lowest BCUT2D eigenvalue weighted by atomic mass is 10.2. The normalized spacial score (nSPS) is 11.2. The summed E-state index contributed by atoms with van der Waals surface area (Å²) in [4.78, 5) is 6.88. The Kier molecular flexibility index (Phi) is 10.4. The second kappa shape index (κ2) is 12.4. The van der Waals surface area contributed by atoms with Gasteiger partial charge < -0.3 is 19.7 Å². The molecule has 0 aromatic heterocycles. The second-order valence-corrected chi connectivity index (χ2v) is 5.51. The molecule has 0 fully saturated rings. The minimum Gasteiger partial charge on any atom is -0.491 e. The van der Waals surface area contributed by atoms with E-state index in [4.69, 9.17) is 14.5 Å². The smallest absolute Gasteiger partial charge is 0.193 e. The molecule has 0 amide bonds. The zero-order valence-corrected chi connectivity index (χ0v) is 15.3. The Morgan fingerprint density at radius 3 is 2.92 bits per heavy atom. The summed E-state index contributed by atoms with van der Waals surface area (Å²) in [6.45, 7) is 9.41. The summed E-state index contributed by atoms with van der Waals surface area (Å²) >= 11 is 0. The predicted octanol–water partition coefficient (Wildman–Crippen LogP) is 3.08. The molecule has 0 unspecified atom stereocenters. The van der Waals surface area contributed by atoms with Crippen LogP contribution in [-0.4, -0.2) is 51.3 Å². The van der Waals surface area contributed by atoms with Gasteiger partial charge in [-0.05, 0) is 37.5 Å². The molecule has 1 rings (SSSR count). The van der Waals surface area contributed by atoms with Gasteiger partial charge in [-0.1, -0.05) is 18.2 Å². The standard InChI is InChI=1S/C19H31N3O2/c1-5-7-8-12-22(3)19(20-6-2)21-16-17-10-9-11-18(15-17)24-14-13-23-4/h5,9-11,15H,1,6-8,12-14,16H2,2-4H3,(H,20,21). The fourth-order valence-corrected chi connectivity index (χ4v) is 2.19. The Bertz CT molecular complexity index is 503. The van der Waals surface area contributed by atoms with Crippen molar-refractivity contribution in [3.05, 3.63) is 42.5 Å². The van der Waals surface area contributed by atoms with E-state index in [1.54, 1.807) is 7.11 Å². The SMILES string of the molecule is C=CCCCN(C)C(=NCc1cccc(OCCOC)c1)NCC. The average molecular weight is 333 g/mol. The number of nitrogens with one attached hydrogen (secondary N) is 1. The van der Waals surface area contributed by atoms with Gasteiger partial charge in [0.15, 0.2) is 5.96 Å². The molecule has 0 aliphatic carbocycles. The number of ether oxygens (including phenoxy) is 2. The molecule has 5 heteroatoms. The first kappa shape index (κ1) is 20.0. The molecule has 0 aliphatic rings. The van der Waals surface area contributed by atoms with Crippen molar-refractivity contribution in [2.45, 2.75) is 26.3 Å². The van der Waals surface area contributed by atoms with Crippen molar-refractivity contribution in [1.82, 2.24) is 10.2 Å². The Labute approximate surface area is 146 Å². The van der Waals surface area contributed by atoms with Gasteiger partial charge in [-0.2, -0.15) is 0 Å². The number of guanidine groups is 1. The minimum absolute atomic E-state index is 0.553. The quantitative estimate of drug-likeness (QED) is 0.293.